The van der Waals surface area contributed by atoms with Crippen molar-refractivity contribution < 1.29 is 4.90 Å². The number of unbranched alkanes of at least 4 members (excludes halogenated alkanes) is 2. The van der Waals surface area contributed by atoms with E-state index in [0.29, 0.717) is 11.1 Å². The fourth-order valence-electron chi connectivity index (χ4n) is 6.32. The van der Waals surface area contributed by atoms with Crippen molar-refractivity contribution in [3.63, 3.8) is 0 Å². The molecule has 1 heterocycles. The molecule has 3 heteroatoms. The number of benzene rings is 5. The highest BCUT2D eigenvalue weighted by Gasteiger charge is 2.29. The number of hydrogen-bond donors (Lipinski definition) is 1. The molecule has 0 saturated heterocycles. The van der Waals surface area contributed by atoms with E-state index in [1.807, 2.05) is 31.2 Å². The molecular formula is C45H48N3+. The zero-order valence-corrected chi connectivity index (χ0v) is 29.1. The molecule has 1 aliphatic rings. The number of hydrogen-bond acceptors (Lipinski definition) is 2. The predicted octanol–water partition coefficient (Wildman–Crippen LogP) is 11.0. The van der Waals surface area contributed by atoms with Gasteiger partial charge in [-0.25, -0.2) is 0 Å². The Morgan fingerprint density at radius 1 is 0.792 bits per heavy atom. The monoisotopic (exact) mass is 630 g/mol. The highest BCUT2D eigenvalue weighted by molar-refractivity contribution is 6.11. The largest absolute Gasteiger partial charge is 0.327 e. The molecular weight excluding hydrogens is 583 g/mol. The number of nitriles is 2. The van der Waals surface area contributed by atoms with Crippen LogP contribution in [0.25, 0.3) is 49.9 Å². The molecule has 0 aliphatic carbocycles. The van der Waals surface area contributed by atoms with E-state index in [1.165, 1.54) is 86.2 Å². The summed E-state index contributed by atoms with van der Waals surface area (Å²) in [7, 11) is 0. The molecule has 3 nitrogen and oxygen atoms in total. The van der Waals surface area contributed by atoms with Crippen molar-refractivity contribution in [1.82, 2.24) is 0 Å². The van der Waals surface area contributed by atoms with Gasteiger partial charge in [-0.2, -0.15) is 10.5 Å². The van der Waals surface area contributed by atoms with Crippen LogP contribution in [0.2, 0.25) is 0 Å². The maximum Gasteiger partial charge on any atom is 0.104 e. The minimum atomic E-state index is 0.502. The summed E-state index contributed by atoms with van der Waals surface area (Å²) >= 11 is 0. The normalized spacial score (nSPS) is 13.1. The lowest BCUT2D eigenvalue weighted by molar-refractivity contribution is -0.927. The summed E-state index contributed by atoms with van der Waals surface area (Å²) in [6.07, 6.45) is 10.5. The van der Waals surface area contributed by atoms with Gasteiger partial charge >= 0.3 is 0 Å². The SMILES string of the molecule is C=C(C#N)/C=C\C.C=Cc1cc2ccccc2c2c1C[NH+](CCCC)Cc1c(-c3ccc(C#N)cc3)cc3ccccc3c1-2.CCCC. The van der Waals surface area contributed by atoms with Crippen LogP contribution < -0.4 is 4.90 Å². The third-order valence-corrected chi connectivity index (χ3v) is 8.89. The Morgan fingerprint density at radius 3 is 1.90 bits per heavy atom. The minimum Gasteiger partial charge on any atom is -0.327 e. The van der Waals surface area contributed by atoms with Crippen LogP contribution in [0.5, 0.6) is 0 Å². The van der Waals surface area contributed by atoms with Gasteiger partial charge in [0.15, 0.2) is 0 Å². The van der Waals surface area contributed by atoms with E-state index >= 15 is 0 Å². The molecule has 0 radical (unpaired) electrons. The third kappa shape index (κ3) is 8.19. The number of quaternary nitrogens is 1. The van der Waals surface area contributed by atoms with Crippen molar-refractivity contribution in [1.29, 1.82) is 10.5 Å². The van der Waals surface area contributed by atoms with E-state index in [4.69, 9.17) is 5.26 Å². The Bertz CT molecular complexity index is 2000. The smallest absolute Gasteiger partial charge is 0.104 e. The van der Waals surface area contributed by atoms with E-state index in [1.54, 1.807) is 17.1 Å². The van der Waals surface area contributed by atoms with Gasteiger partial charge in [0, 0.05) is 27.8 Å². The molecule has 0 fully saturated rings. The second-order valence-corrected chi connectivity index (χ2v) is 12.3. The van der Waals surface area contributed by atoms with E-state index in [2.05, 4.69) is 113 Å². The first-order valence-electron chi connectivity index (χ1n) is 17.2. The Morgan fingerprint density at radius 2 is 1.38 bits per heavy atom. The molecule has 1 atom stereocenters. The molecule has 0 spiro atoms. The number of nitrogens with one attached hydrogen (secondary N) is 1. The van der Waals surface area contributed by atoms with E-state index < -0.39 is 0 Å². The number of nitrogens with zero attached hydrogens (tertiary/aromatic N) is 2. The van der Waals surface area contributed by atoms with Crippen LogP contribution in [0.15, 0.2) is 116 Å². The first kappa shape index (κ1) is 35.6. The van der Waals surface area contributed by atoms with Crippen LogP contribution in [0.3, 0.4) is 0 Å². The van der Waals surface area contributed by atoms with Crippen LogP contribution in [0.1, 0.15) is 75.6 Å². The zero-order chi connectivity index (χ0) is 34.5. The first-order valence-corrected chi connectivity index (χ1v) is 17.2. The molecule has 1 unspecified atom stereocenters. The van der Waals surface area contributed by atoms with Crippen molar-refractivity contribution >= 4 is 27.6 Å². The lowest BCUT2D eigenvalue weighted by atomic mass is 9.83. The Balaban J connectivity index is 0.000000411. The van der Waals surface area contributed by atoms with Crippen molar-refractivity contribution in [3.8, 4) is 34.4 Å². The first-order chi connectivity index (χ1) is 23.4. The van der Waals surface area contributed by atoms with Gasteiger partial charge in [-0.15, -0.1) is 0 Å². The van der Waals surface area contributed by atoms with Gasteiger partial charge in [-0.3, -0.25) is 0 Å². The number of fused-ring (bicyclic) bond motifs is 7. The van der Waals surface area contributed by atoms with Gasteiger partial charge in [0.05, 0.1) is 24.2 Å². The Kier molecular flexibility index (Phi) is 13.1. The predicted molar refractivity (Wildman–Crippen MR) is 205 cm³/mol. The highest BCUT2D eigenvalue weighted by atomic mass is 15.1. The molecule has 5 aromatic rings. The van der Waals surface area contributed by atoms with E-state index in [9.17, 15) is 5.26 Å². The van der Waals surface area contributed by atoms with E-state index in [0.717, 1.165) is 19.6 Å². The quantitative estimate of drug-likeness (QED) is 0.144. The maximum atomic E-state index is 9.38. The van der Waals surface area contributed by atoms with Crippen LogP contribution in [0.4, 0.5) is 0 Å². The summed E-state index contributed by atoms with van der Waals surface area (Å²) in [5.41, 5.74) is 10.4. The molecule has 1 aliphatic heterocycles. The molecule has 5 aromatic carbocycles. The molecule has 6 rings (SSSR count). The second-order valence-electron chi connectivity index (χ2n) is 12.3. The lowest BCUT2D eigenvalue weighted by Gasteiger charge is -2.21. The van der Waals surface area contributed by atoms with Gasteiger partial charge in [0.25, 0.3) is 0 Å². The molecule has 0 saturated carbocycles. The second kappa shape index (κ2) is 17.6. The summed E-state index contributed by atoms with van der Waals surface area (Å²) in [6.45, 7) is 19.2. The molecule has 1 N–H and O–H groups in total. The van der Waals surface area contributed by atoms with Gasteiger partial charge in [0.1, 0.15) is 13.1 Å². The minimum absolute atomic E-state index is 0.502. The van der Waals surface area contributed by atoms with Crippen LogP contribution in [-0.2, 0) is 13.1 Å². The summed E-state index contributed by atoms with van der Waals surface area (Å²) in [5, 5.41) is 22.6. The fourth-order valence-corrected chi connectivity index (χ4v) is 6.32. The van der Waals surface area contributed by atoms with Crippen molar-refractivity contribution in [2.24, 2.45) is 0 Å². The highest BCUT2D eigenvalue weighted by Crippen LogP contribution is 2.45. The summed E-state index contributed by atoms with van der Waals surface area (Å²) in [6, 6.07) is 34.5. The summed E-state index contributed by atoms with van der Waals surface area (Å²) < 4.78 is 0. The van der Waals surface area contributed by atoms with Gasteiger partial charge in [0.2, 0.25) is 0 Å². The molecule has 0 amide bonds. The number of allylic oxidation sites excluding steroid dienone is 3. The van der Waals surface area contributed by atoms with Crippen molar-refractivity contribution in [2.75, 3.05) is 6.54 Å². The molecule has 48 heavy (non-hydrogen) atoms. The average molecular weight is 631 g/mol. The number of rotatable bonds is 7. The third-order valence-electron chi connectivity index (χ3n) is 8.89. The topological polar surface area (TPSA) is 52.0 Å². The van der Waals surface area contributed by atoms with Crippen molar-refractivity contribution in [3.05, 3.63) is 138 Å². The van der Waals surface area contributed by atoms with Crippen LogP contribution in [-0.4, -0.2) is 6.54 Å². The fraction of sp³-hybridized carbons (Fsp3) is 0.244. The zero-order valence-electron chi connectivity index (χ0n) is 29.1. The van der Waals surface area contributed by atoms with E-state index in [-0.39, 0.29) is 0 Å². The average Bonchev–Trinajstić information content (AvgIpc) is 3.31. The van der Waals surface area contributed by atoms with Gasteiger partial charge in [-0.05, 0) is 81.9 Å². The maximum absolute atomic E-state index is 9.38. The van der Waals surface area contributed by atoms with Crippen LogP contribution in [0, 0.1) is 22.7 Å². The lowest BCUT2D eigenvalue weighted by Crippen LogP contribution is -3.09. The molecule has 242 valence electrons. The van der Waals surface area contributed by atoms with Crippen molar-refractivity contribution in [2.45, 2.75) is 66.5 Å². The molecule has 0 aromatic heterocycles. The standard InChI is InChI=1S/C35H30N2.C6H7N.C4H10/c1-3-5-18-37-22-32-25(4-2)19-27-10-6-8-12-29(27)34(32)35-30-13-9-7-11-28(30)20-31(33(35)23-37)26-16-14-24(21-36)15-17-26;1-3-4-6(2)5-7;1-3-4-2/h4,6-17,19-20H,2-3,5,18,22-23H2,1H3;3-4H,2H2,1H3;3-4H2,1-2H3/p+1/b;4-3-;. The summed E-state index contributed by atoms with van der Waals surface area (Å²) in [4.78, 5) is 1.59. The van der Waals surface area contributed by atoms with Crippen LogP contribution >= 0.6 is 0 Å². The Hall–Kier alpha value is -5.22. The van der Waals surface area contributed by atoms with Gasteiger partial charge in [-0.1, -0.05) is 126 Å². The molecule has 0 bridgehead atoms. The Labute approximate surface area is 287 Å². The van der Waals surface area contributed by atoms with Gasteiger partial charge < -0.3 is 4.90 Å². The summed E-state index contributed by atoms with van der Waals surface area (Å²) in [5.74, 6) is 0.